The maximum Gasteiger partial charge on any atom is 0.243 e. The van der Waals surface area contributed by atoms with E-state index in [-0.39, 0.29) is 31.6 Å². The minimum Gasteiger partial charge on any atom is -0.368 e. The predicted molar refractivity (Wildman–Crippen MR) is 295 cm³/mol. The van der Waals surface area contributed by atoms with Crippen molar-refractivity contribution in [3.8, 4) is 0 Å². The molecule has 6 rings (SSSR count). The molecule has 404 valence electrons. The molecule has 5 atom stereocenters. The molecule has 0 radical (unpaired) electrons. The van der Waals surface area contributed by atoms with Crippen molar-refractivity contribution in [3.05, 3.63) is 179 Å². The van der Waals surface area contributed by atoms with Crippen molar-refractivity contribution in [2.45, 2.75) is 122 Å². The van der Waals surface area contributed by atoms with Gasteiger partial charge < -0.3 is 40.8 Å². The van der Waals surface area contributed by atoms with Crippen molar-refractivity contribution in [2.24, 2.45) is 5.73 Å². The summed E-state index contributed by atoms with van der Waals surface area (Å²) in [6, 6.07) is 43.4. The van der Waals surface area contributed by atoms with E-state index in [1.807, 2.05) is 207 Å². The molecule has 5 aromatic rings. The Morgan fingerprint density at radius 2 is 0.671 bits per heavy atom. The standard InChI is InChI=1S/C61H78N8O7/c1-43(48-25-15-10-16-26-48)64(38-54(62)70)56(72)40-66(45(3)50-29-19-12-20-30-50)58(74)42-68(47(5)52-33-23-14-24-34-52)59(75)41-67(46(4)51-31-21-13-22-32-51)57(73)39-65(44(2)49-27-17-11-18-28-49)55(71)37-63-53-35-60(6,7)69(76)61(8,9)36-53/h10-34,43-47,53,63,76H,35-42H2,1-9H3,(H2,62,70)/t43-,44-,45-,46-,47-/m0/s1. The third kappa shape index (κ3) is 14.8. The molecule has 1 aliphatic rings. The lowest BCUT2D eigenvalue weighted by atomic mass is 9.79. The fourth-order valence-corrected chi connectivity index (χ4v) is 10.6. The molecule has 0 spiro atoms. The Balaban J connectivity index is 1.34. The average molecular weight is 1040 g/mol. The van der Waals surface area contributed by atoms with Crippen LogP contribution in [0, 0.1) is 0 Å². The van der Waals surface area contributed by atoms with Crippen LogP contribution in [0.3, 0.4) is 0 Å². The first-order valence-electron chi connectivity index (χ1n) is 26.3. The van der Waals surface area contributed by atoms with Gasteiger partial charge in [-0.25, -0.2) is 0 Å². The van der Waals surface area contributed by atoms with Crippen molar-refractivity contribution >= 4 is 35.4 Å². The molecule has 4 N–H and O–H groups in total. The topological polar surface area (TPSA) is 180 Å². The number of rotatable bonds is 23. The number of hydroxylamine groups is 2. The number of nitrogens with two attached hydrogens (primary N) is 1. The summed E-state index contributed by atoms with van der Waals surface area (Å²) < 4.78 is 0. The zero-order valence-corrected chi connectivity index (χ0v) is 45.7. The van der Waals surface area contributed by atoms with Gasteiger partial charge >= 0.3 is 0 Å². The Morgan fingerprint density at radius 1 is 0.447 bits per heavy atom. The molecule has 6 amide bonds. The Morgan fingerprint density at radius 3 is 0.908 bits per heavy atom. The summed E-state index contributed by atoms with van der Waals surface area (Å²) in [5.41, 5.74) is 8.43. The van der Waals surface area contributed by atoms with E-state index in [0.717, 1.165) is 27.8 Å². The highest BCUT2D eigenvalue weighted by molar-refractivity contribution is 5.93. The van der Waals surface area contributed by atoms with Gasteiger partial charge in [-0.2, -0.15) is 5.06 Å². The van der Waals surface area contributed by atoms with E-state index in [4.69, 9.17) is 5.73 Å². The molecule has 0 bridgehead atoms. The number of amides is 6. The molecule has 1 heterocycles. The summed E-state index contributed by atoms with van der Waals surface area (Å²) in [7, 11) is 0. The number of nitrogens with one attached hydrogen (secondary N) is 1. The van der Waals surface area contributed by atoms with E-state index in [1.54, 1.807) is 11.8 Å². The minimum absolute atomic E-state index is 0.0732. The molecule has 5 aromatic carbocycles. The van der Waals surface area contributed by atoms with E-state index in [0.29, 0.717) is 12.8 Å². The van der Waals surface area contributed by atoms with Gasteiger partial charge in [0.15, 0.2) is 0 Å². The quantitative estimate of drug-likeness (QED) is 0.0579. The number of hydrogen-bond acceptors (Lipinski definition) is 9. The van der Waals surface area contributed by atoms with Gasteiger partial charge in [-0.1, -0.05) is 152 Å². The molecular formula is C61H78N8O7. The van der Waals surface area contributed by atoms with Gasteiger partial charge in [0.2, 0.25) is 35.4 Å². The lowest BCUT2D eigenvalue weighted by molar-refractivity contribution is -0.246. The summed E-state index contributed by atoms with van der Waals surface area (Å²) in [5.74, 6) is -3.11. The van der Waals surface area contributed by atoms with E-state index in [2.05, 4.69) is 5.32 Å². The van der Waals surface area contributed by atoms with Crippen LogP contribution >= 0.6 is 0 Å². The Hall–Kier alpha value is -7.20. The van der Waals surface area contributed by atoms with Crippen LogP contribution in [0.4, 0.5) is 0 Å². The summed E-state index contributed by atoms with van der Waals surface area (Å²) in [6.07, 6.45) is 1.16. The fourth-order valence-electron chi connectivity index (χ4n) is 10.6. The molecule has 0 saturated carbocycles. The van der Waals surface area contributed by atoms with Crippen LogP contribution in [0.2, 0.25) is 0 Å². The van der Waals surface area contributed by atoms with Crippen molar-refractivity contribution < 1.29 is 34.0 Å². The summed E-state index contributed by atoms with van der Waals surface area (Å²) in [4.78, 5) is 94.9. The van der Waals surface area contributed by atoms with Crippen molar-refractivity contribution in [2.75, 3.05) is 39.3 Å². The van der Waals surface area contributed by atoms with Crippen molar-refractivity contribution in [1.82, 2.24) is 34.9 Å². The number of carbonyl (C=O) groups is 6. The molecule has 1 aliphatic heterocycles. The molecule has 0 unspecified atom stereocenters. The van der Waals surface area contributed by atoms with Crippen LogP contribution < -0.4 is 11.1 Å². The first-order chi connectivity index (χ1) is 36.1. The van der Waals surface area contributed by atoms with Crippen LogP contribution in [0.1, 0.15) is 133 Å². The molecule has 0 aliphatic carbocycles. The number of primary amides is 1. The maximum atomic E-state index is 15.4. The molecule has 15 heteroatoms. The van der Waals surface area contributed by atoms with Gasteiger partial charge in [-0.3, -0.25) is 28.8 Å². The lowest BCUT2D eigenvalue weighted by Gasteiger charge is -2.51. The van der Waals surface area contributed by atoms with Crippen LogP contribution in [0.15, 0.2) is 152 Å². The van der Waals surface area contributed by atoms with Gasteiger partial charge in [0, 0.05) is 17.1 Å². The summed E-state index contributed by atoms with van der Waals surface area (Å²) in [6.45, 7) is 14.8. The molecule has 15 nitrogen and oxygen atoms in total. The number of piperidine rings is 1. The Labute approximate surface area is 449 Å². The van der Waals surface area contributed by atoms with Crippen LogP contribution in [0.25, 0.3) is 0 Å². The molecule has 1 fully saturated rings. The highest BCUT2D eigenvalue weighted by atomic mass is 16.5. The van der Waals surface area contributed by atoms with Crippen LogP contribution in [-0.2, 0) is 28.8 Å². The lowest BCUT2D eigenvalue weighted by Crippen LogP contribution is -2.63. The van der Waals surface area contributed by atoms with E-state index < -0.39 is 90.5 Å². The smallest absolute Gasteiger partial charge is 0.243 e. The first kappa shape index (κ1) is 58.1. The largest absolute Gasteiger partial charge is 0.368 e. The highest BCUT2D eigenvalue weighted by Gasteiger charge is 2.45. The third-order valence-corrected chi connectivity index (χ3v) is 15.1. The number of benzene rings is 5. The third-order valence-electron chi connectivity index (χ3n) is 15.1. The van der Waals surface area contributed by atoms with Gasteiger partial charge in [0.05, 0.1) is 43.3 Å². The van der Waals surface area contributed by atoms with Gasteiger partial charge in [-0.05, 0) is 103 Å². The maximum absolute atomic E-state index is 15.4. The summed E-state index contributed by atoms with van der Waals surface area (Å²) >= 11 is 0. The zero-order chi connectivity index (χ0) is 55.3. The SMILES string of the molecule is C[C@@H](c1ccccc1)N(CC(N)=O)C(=O)CN(C(=O)CN(C(=O)CN(C(=O)CN(C(=O)CNC1CC(C)(C)N(O)C(C)(C)C1)[C@@H](C)c1ccccc1)[C@@H](C)c1ccccc1)[C@@H](C)c1ccccc1)[C@@H](C)c1ccccc1. The van der Waals surface area contributed by atoms with Crippen molar-refractivity contribution in [3.63, 3.8) is 0 Å². The molecular weight excluding hydrogens is 957 g/mol. The van der Waals surface area contributed by atoms with Crippen molar-refractivity contribution in [1.29, 1.82) is 0 Å². The Kier molecular flexibility index (Phi) is 19.9. The second-order valence-electron chi connectivity index (χ2n) is 21.4. The van der Waals surface area contributed by atoms with Crippen LogP contribution in [0.5, 0.6) is 0 Å². The van der Waals surface area contributed by atoms with E-state index in [9.17, 15) is 19.6 Å². The first-order valence-corrected chi connectivity index (χ1v) is 26.3. The van der Waals surface area contributed by atoms with E-state index in [1.165, 1.54) is 24.7 Å². The second kappa shape index (κ2) is 26.0. The normalized spacial score (nSPS) is 16.2. The zero-order valence-electron chi connectivity index (χ0n) is 45.7. The predicted octanol–water partition coefficient (Wildman–Crippen LogP) is 8.42. The number of hydrogen-bond donors (Lipinski definition) is 3. The monoisotopic (exact) mass is 1030 g/mol. The number of carbonyl (C=O) groups excluding carboxylic acids is 6. The fraction of sp³-hybridized carbons (Fsp3) is 0.410. The average Bonchev–Trinajstić information content (AvgIpc) is 3.42. The highest BCUT2D eigenvalue weighted by Crippen LogP contribution is 2.37. The summed E-state index contributed by atoms with van der Waals surface area (Å²) in [5, 5.41) is 15.8. The van der Waals surface area contributed by atoms with Gasteiger partial charge in [0.1, 0.15) is 26.2 Å². The van der Waals surface area contributed by atoms with Gasteiger partial charge in [-0.15, -0.1) is 0 Å². The van der Waals surface area contributed by atoms with E-state index >= 15 is 14.4 Å². The molecule has 1 saturated heterocycles. The Bertz CT molecular complexity index is 2690. The minimum atomic E-state index is -0.714. The van der Waals surface area contributed by atoms with Gasteiger partial charge in [0.25, 0.3) is 0 Å². The van der Waals surface area contributed by atoms with Crippen LogP contribution in [-0.4, -0.2) is 127 Å². The molecule has 76 heavy (non-hydrogen) atoms. The number of nitrogens with zero attached hydrogens (tertiary/aromatic N) is 6. The molecule has 0 aromatic heterocycles. The second-order valence-corrected chi connectivity index (χ2v) is 21.4.